The van der Waals surface area contributed by atoms with Gasteiger partial charge in [-0.25, -0.2) is 24.2 Å². The summed E-state index contributed by atoms with van der Waals surface area (Å²) >= 11 is 0. The molecule has 43 heavy (non-hydrogen) atoms. The maximum absolute atomic E-state index is 13.8. The topological polar surface area (TPSA) is 128 Å². The van der Waals surface area contributed by atoms with Gasteiger partial charge in [0.15, 0.2) is 0 Å². The molecule has 0 aromatic carbocycles. The van der Waals surface area contributed by atoms with Crippen LogP contribution in [0.5, 0.6) is 5.88 Å². The highest BCUT2D eigenvalue weighted by atomic mass is 16.6. The number of alkyl carbamates (subject to hydrolysis) is 1. The van der Waals surface area contributed by atoms with Crippen molar-refractivity contribution in [2.24, 2.45) is 0 Å². The second kappa shape index (κ2) is 13.5. The van der Waals surface area contributed by atoms with Crippen molar-refractivity contribution in [3.8, 4) is 5.88 Å². The van der Waals surface area contributed by atoms with E-state index in [1.54, 1.807) is 18.3 Å². The Bertz CT molecular complexity index is 1240. The maximum Gasteiger partial charge on any atom is 0.420 e. The molecule has 0 unspecified atom stereocenters. The second-order valence-corrected chi connectivity index (χ2v) is 14.4. The molecule has 1 fully saturated rings. The smallest absolute Gasteiger partial charge is 0.420 e. The molecule has 1 saturated carbocycles. The highest BCUT2D eigenvalue weighted by Gasteiger charge is 2.34. The second-order valence-electron chi connectivity index (χ2n) is 14.4. The third-order valence-electron chi connectivity index (χ3n) is 6.74. The first-order valence-electron chi connectivity index (χ1n) is 15.2. The lowest BCUT2D eigenvalue weighted by molar-refractivity contribution is 0.0503. The van der Waals surface area contributed by atoms with Crippen LogP contribution in [0.3, 0.4) is 0 Å². The van der Waals surface area contributed by atoms with Gasteiger partial charge in [-0.05, 0) is 107 Å². The van der Waals surface area contributed by atoms with Crippen LogP contribution in [0.2, 0.25) is 0 Å². The zero-order valence-electron chi connectivity index (χ0n) is 27.6. The molecule has 2 N–H and O–H groups in total. The van der Waals surface area contributed by atoms with Gasteiger partial charge < -0.3 is 24.6 Å². The fourth-order valence-corrected chi connectivity index (χ4v) is 4.87. The average molecular weight is 602 g/mol. The number of aliphatic hydroxyl groups excluding tert-OH is 1. The van der Waals surface area contributed by atoms with Crippen molar-refractivity contribution >= 4 is 23.7 Å². The van der Waals surface area contributed by atoms with Gasteiger partial charge in [0.25, 0.3) is 0 Å². The van der Waals surface area contributed by atoms with Gasteiger partial charge >= 0.3 is 12.2 Å². The predicted molar refractivity (Wildman–Crippen MR) is 166 cm³/mol. The summed E-state index contributed by atoms with van der Waals surface area (Å²) in [6.45, 7) is 19.3. The number of anilines is 2. The van der Waals surface area contributed by atoms with Crippen molar-refractivity contribution in [3.05, 3.63) is 30.1 Å². The first-order chi connectivity index (χ1) is 19.8. The molecule has 2 heterocycles. The van der Waals surface area contributed by atoms with Crippen LogP contribution in [0.1, 0.15) is 113 Å². The van der Waals surface area contributed by atoms with Gasteiger partial charge in [0.05, 0.1) is 29.6 Å². The number of hydrogen-bond donors (Lipinski definition) is 2. The lowest BCUT2D eigenvalue weighted by Crippen LogP contribution is -2.37. The van der Waals surface area contributed by atoms with E-state index in [2.05, 4.69) is 10.3 Å². The Hall–Kier alpha value is -3.34. The van der Waals surface area contributed by atoms with Gasteiger partial charge in [0, 0.05) is 30.3 Å². The van der Waals surface area contributed by atoms with Crippen LogP contribution in [0, 0.1) is 0 Å². The van der Waals surface area contributed by atoms with Crippen molar-refractivity contribution in [2.75, 3.05) is 11.5 Å². The van der Waals surface area contributed by atoms with Crippen LogP contribution >= 0.6 is 0 Å². The number of nitrogens with zero attached hydrogens (tertiary/aromatic N) is 4. The number of carbonyl (C=O) groups is 2. The predicted octanol–water partition coefficient (Wildman–Crippen LogP) is 6.81. The van der Waals surface area contributed by atoms with E-state index in [0.29, 0.717) is 43.3 Å². The number of aromatic nitrogens is 3. The van der Waals surface area contributed by atoms with E-state index < -0.39 is 28.9 Å². The van der Waals surface area contributed by atoms with E-state index in [9.17, 15) is 14.7 Å². The van der Waals surface area contributed by atoms with Gasteiger partial charge in [-0.2, -0.15) is 5.10 Å². The van der Waals surface area contributed by atoms with Gasteiger partial charge in [-0.3, -0.25) is 0 Å². The quantitative estimate of drug-likeness (QED) is 0.300. The highest BCUT2D eigenvalue weighted by molar-refractivity contribution is 5.95. The van der Waals surface area contributed by atoms with E-state index in [1.807, 2.05) is 80.0 Å². The van der Waals surface area contributed by atoms with Gasteiger partial charge in [0.1, 0.15) is 17.0 Å². The fourth-order valence-electron chi connectivity index (χ4n) is 4.87. The normalized spacial score (nSPS) is 18.2. The Morgan fingerprint density at radius 1 is 1.07 bits per heavy atom. The van der Waals surface area contributed by atoms with Crippen molar-refractivity contribution in [1.82, 2.24) is 20.1 Å². The minimum atomic E-state index is -0.725. The zero-order chi connectivity index (χ0) is 32.2. The summed E-state index contributed by atoms with van der Waals surface area (Å²) in [7, 11) is 0. The lowest BCUT2D eigenvalue weighted by atomic mass is 10.0. The number of amides is 2. The Labute approximate surface area is 256 Å². The minimum Gasteiger partial charge on any atom is -0.478 e. The lowest BCUT2D eigenvalue weighted by Gasteiger charge is -2.30. The van der Waals surface area contributed by atoms with Crippen LogP contribution in [-0.2, 0) is 15.0 Å². The van der Waals surface area contributed by atoms with Crippen LogP contribution in [0.4, 0.5) is 21.1 Å². The van der Waals surface area contributed by atoms with Crippen molar-refractivity contribution in [3.63, 3.8) is 0 Å². The summed E-state index contributed by atoms with van der Waals surface area (Å²) in [5.74, 6) is 1.04. The summed E-state index contributed by atoms with van der Waals surface area (Å²) in [5, 5.41) is 17.9. The minimum absolute atomic E-state index is 0.0896. The SMILES string of the molecule is C[C@@H](CCCOc1cc(N(C(=O)OC(C)(C)C)c2cc([C@H]3CC[C@@H](O)C3)nn2C(C)(C)C)ccn1)NC(=O)OC(C)(C)C. The Morgan fingerprint density at radius 3 is 2.33 bits per heavy atom. The molecule has 0 saturated heterocycles. The molecule has 3 rings (SSSR count). The van der Waals surface area contributed by atoms with E-state index >= 15 is 0 Å². The molecular weight excluding hydrogens is 550 g/mol. The number of rotatable bonds is 9. The molecule has 240 valence electrons. The molecular formula is C32H51N5O6. The molecule has 0 spiro atoms. The highest BCUT2D eigenvalue weighted by Crippen LogP contribution is 2.39. The average Bonchev–Trinajstić information content (AvgIpc) is 3.46. The van der Waals surface area contributed by atoms with Gasteiger partial charge in [0.2, 0.25) is 5.88 Å². The third kappa shape index (κ3) is 10.4. The Morgan fingerprint density at radius 2 is 1.74 bits per heavy atom. The van der Waals surface area contributed by atoms with Crippen molar-refractivity contribution in [2.45, 2.75) is 136 Å². The largest absolute Gasteiger partial charge is 0.478 e. The first kappa shape index (κ1) is 34.2. The van der Waals surface area contributed by atoms with E-state index in [-0.39, 0.29) is 18.1 Å². The van der Waals surface area contributed by atoms with E-state index in [4.69, 9.17) is 19.3 Å². The van der Waals surface area contributed by atoms with Gasteiger partial charge in [-0.15, -0.1) is 0 Å². The molecule has 11 heteroatoms. The van der Waals surface area contributed by atoms with Crippen molar-refractivity contribution in [1.29, 1.82) is 0 Å². The standard InChI is InChI=1S/C32H51N5O6/c1-21(34-28(39)42-31(5,6)7)12-11-17-41-26-19-23(15-16-33-26)36(29(40)43-32(8,9)10)27-20-25(22-13-14-24(38)18-22)35-37(27)30(2,3)4/h15-16,19-22,24,38H,11-14,17-18H2,1-10H3,(H,34,39)/t21-,22-,24+/m0/s1. The number of pyridine rings is 1. The first-order valence-corrected chi connectivity index (χ1v) is 15.2. The number of hydrogen-bond acceptors (Lipinski definition) is 8. The number of ether oxygens (including phenoxy) is 3. The van der Waals surface area contributed by atoms with Crippen LogP contribution in [-0.4, -0.2) is 62.0 Å². The Kier molecular flexibility index (Phi) is 10.7. The van der Waals surface area contributed by atoms with E-state index in [0.717, 1.165) is 18.5 Å². The molecule has 0 aliphatic heterocycles. The van der Waals surface area contributed by atoms with E-state index in [1.165, 1.54) is 4.90 Å². The molecule has 0 bridgehead atoms. The summed E-state index contributed by atoms with van der Waals surface area (Å²) in [6.07, 6.45) is 3.85. The molecule has 1 aliphatic rings. The maximum atomic E-state index is 13.8. The molecule has 3 atom stereocenters. The summed E-state index contributed by atoms with van der Waals surface area (Å²) < 4.78 is 19.0. The third-order valence-corrected chi connectivity index (χ3v) is 6.74. The van der Waals surface area contributed by atoms with Crippen LogP contribution in [0.25, 0.3) is 0 Å². The number of carbonyl (C=O) groups excluding carboxylic acids is 2. The Balaban J connectivity index is 1.82. The number of aliphatic hydroxyl groups is 1. The van der Waals surface area contributed by atoms with Crippen LogP contribution < -0.4 is 15.0 Å². The van der Waals surface area contributed by atoms with Crippen molar-refractivity contribution < 1.29 is 28.9 Å². The molecule has 2 aromatic heterocycles. The monoisotopic (exact) mass is 601 g/mol. The summed E-state index contributed by atoms with van der Waals surface area (Å²) in [5.41, 5.74) is -0.350. The van der Waals surface area contributed by atoms with Gasteiger partial charge in [-0.1, -0.05) is 0 Å². The van der Waals surface area contributed by atoms with Crippen LogP contribution in [0.15, 0.2) is 24.4 Å². The summed E-state index contributed by atoms with van der Waals surface area (Å²) in [4.78, 5) is 31.7. The summed E-state index contributed by atoms with van der Waals surface area (Å²) in [6, 6.07) is 5.29. The molecule has 2 amide bonds. The fraction of sp³-hybridized carbons (Fsp3) is 0.688. The molecule has 2 aromatic rings. The number of nitrogens with one attached hydrogen (secondary N) is 1. The molecule has 1 aliphatic carbocycles. The molecule has 11 nitrogen and oxygen atoms in total. The molecule has 0 radical (unpaired) electrons. The zero-order valence-corrected chi connectivity index (χ0v) is 27.6.